The van der Waals surface area contributed by atoms with E-state index in [-0.39, 0.29) is 60.7 Å². The van der Waals surface area contributed by atoms with E-state index in [4.69, 9.17) is 9.47 Å². The van der Waals surface area contributed by atoms with Crippen molar-refractivity contribution in [3.05, 3.63) is 84.2 Å². The molecule has 0 bridgehead atoms. The molecule has 2 aliphatic heterocycles. The number of aromatic nitrogens is 2. The van der Waals surface area contributed by atoms with E-state index in [2.05, 4.69) is 22.3 Å². The Labute approximate surface area is 401 Å². The van der Waals surface area contributed by atoms with Crippen molar-refractivity contribution in [2.24, 2.45) is 17.3 Å². The van der Waals surface area contributed by atoms with E-state index in [9.17, 15) is 42.3 Å². The van der Waals surface area contributed by atoms with Crippen LogP contribution in [-0.4, -0.2) is 125 Å². The van der Waals surface area contributed by atoms with E-state index in [0.29, 0.717) is 72.4 Å². The molecule has 372 valence electrons. The van der Waals surface area contributed by atoms with Crippen LogP contribution in [0.15, 0.2) is 67.4 Å². The molecule has 2 aromatic heterocycles. The Morgan fingerprint density at radius 3 is 2.46 bits per heavy atom. The monoisotopic (exact) mass is 959 g/mol. The SMILES string of the molecule is C=CC(=O)N1CC[C@H](C(=O)N(C)[C@H](C(=O)N[C@@H](Cc2cc(O)cc(-c3ccc4c(c3)c(CC(C)(C)COC=O)c(-c3cccnc3[C@@H](OC)C(F)(F)F)n4CC)c2)C(=O)N2CCCCN2)C(C)C)C1. The lowest BCUT2D eigenvalue weighted by atomic mass is 9.84. The van der Waals surface area contributed by atoms with Crippen LogP contribution >= 0.6 is 0 Å². The number of rotatable bonds is 19. The number of methoxy groups -OCH3 is 1. The first-order chi connectivity index (χ1) is 32.7. The van der Waals surface area contributed by atoms with E-state index in [1.807, 2.05) is 63.5 Å². The molecule has 3 N–H and O–H groups in total. The van der Waals surface area contributed by atoms with Crippen LogP contribution in [0.1, 0.15) is 76.8 Å². The summed E-state index contributed by atoms with van der Waals surface area (Å²) in [6, 6.07) is 11.6. The molecule has 0 unspecified atom stereocenters. The van der Waals surface area contributed by atoms with Crippen LogP contribution < -0.4 is 10.7 Å². The number of halogens is 3. The molecule has 4 heterocycles. The maximum absolute atomic E-state index is 14.5. The zero-order valence-corrected chi connectivity index (χ0v) is 40.4. The third-order valence-electron chi connectivity index (χ3n) is 13.0. The smallest absolute Gasteiger partial charge is 0.420 e. The Morgan fingerprint density at radius 1 is 1.07 bits per heavy atom. The lowest BCUT2D eigenvalue weighted by molar-refractivity contribution is -0.217. The zero-order valence-electron chi connectivity index (χ0n) is 40.4. The number of carbonyl (C=O) groups is 5. The molecular formula is C51H64F3N7O8. The largest absolute Gasteiger partial charge is 0.508 e. The number of aryl methyl sites for hydroxylation is 1. The number of hydrazine groups is 1. The van der Waals surface area contributed by atoms with Gasteiger partial charge in [0.25, 0.3) is 12.4 Å². The number of phenolic OH excluding ortho intramolecular Hbond substituents is 1. The van der Waals surface area contributed by atoms with Crippen LogP contribution in [0.5, 0.6) is 5.75 Å². The van der Waals surface area contributed by atoms with E-state index in [0.717, 1.165) is 25.5 Å². The number of benzene rings is 2. The van der Waals surface area contributed by atoms with Gasteiger partial charge in [0.1, 0.15) is 17.8 Å². The number of nitrogens with one attached hydrogen (secondary N) is 2. The van der Waals surface area contributed by atoms with E-state index < -0.39 is 47.5 Å². The number of fused-ring (bicyclic) bond motifs is 1. The quantitative estimate of drug-likeness (QED) is 0.0673. The van der Waals surface area contributed by atoms with Crippen molar-refractivity contribution < 1.29 is 51.7 Å². The molecule has 0 saturated carbocycles. The van der Waals surface area contributed by atoms with Crippen molar-refractivity contribution in [2.45, 2.75) is 97.6 Å². The van der Waals surface area contributed by atoms with Gasteiger partial charge in [0.2, 0.25) is 17.7 Å². The summed E-state index contributed by atoms with van der Waals surface area (Å²) in [5, 5.41) is 16.5. The van der Waals surface area contributed by atoms with Gasteiger partial charge in [-0.25, -0.2) is 5.43 Å². The first-order valence-corrected chi connectivity index (χ1v) is 23.3. The molecule has 2 aliphatic rings. The molecule has 69 heavy (non-hydrogen) atoms. The predicted molar refractivity (Wildman–Crippen MR) is 254 cm³/mol. The summed E-state index contributed by atoms with van der Waals surface area (Å²) in [4.78, 5) is 73.4. The number of hydrogen-bond acceptors (Lipinski definition) is 10. The summed E-state index contributed by atoms with van der Waals surface area (Å²) < 4.78 is 55.6. The standard InChI is InChI=1S/C51H64F3N7O8/c1-9-42(64)59-21-17-34(28-59)48(66)58(7)44(31(3)4)47(65)57-40(49(67)61-20-12-11-19-56-61)24-32-22-35(25-36(63)23-32)33-15-16-41-38(26-33)39(27-50(5,6)29-69-30-62)45(60(41)10-2)37-14-13-18-55-43(37)46(68-8)51(52,53)54/h9,13-16,18,22-23,25-26,30-31,34,40,44,46,56,63H,1,10-12,17,19-21,24,27-29H2,2-8H3,(H,57,65)/t34-,40-,44-,46+/m0/s1. The number of nitrogens with zero attached hydrogens (tertiary/aromatic N) is 5. The molecule has 2 saturated heterocycles. The second-order valence-electron chi connectivity index (χ2n) is 19.0. The molecule has 4 amide bonds. The van der Waals surface area contributed by atoms with Gasteiger partial charge in [-0.3, -0.25) is 34.0 Å². The number of likely N-dealkylation sites (tertiary alicyclic amines) is 1. The Kier molecular flexibility index (Phi) is 16.6. The summed E-state index contributed by atoms with van der Waals surface area (Å²) in [7, 11) is 2.55. The summed E-state index contributed by atoms with van der Waals surface area (Å²) in [6.07, 6.45) is -2.30. The second kappa shape index (κ2) is 22.0. The first kappa shape index (κ1) is 52.1. The average Bonchev–Trinajstić information content (AvgIpc) is 3.93. The maximum Gasteiger partial charge on any atom is 0.420 e. The Morgan fingerprint density at radius 2 is 1.83 bits per heavy atom. The normalized spacial score (nSPS) is 16.8. The fourth-order valence-corrected chi connectivity index (χ4v) is 9.79. The van der Waals surface area contributed by atoms with Crippen molar-refractivity contribution in [1.29, 1.82) is 0 Å². The number of pyridine rings is 1. The van der Waals surface area contributed by atoms with Crippen molar-refractivity contribution in [3.8, 4) is 28.1 Å². The minimum absolute atomic E-state index is 0.0267. The Hall–Kier alpha value is -6.27. The Bertz CT molecular complexity index is 2540. The molecule has 2 fully saturated rings. The Balaban J connectivity index is 1.40. The van der Waals surface area contributed by atoms with Crippen LogP contribution in [0.4, 0.5) is 13.2 Å². The van der Waals surface area contributed by atoms with E-state index in [1.54, 1.807) is 30.1 Å². The molecule has 4 atom stereocenters. The predicted octanol–water partition coefficient (Wildman–Crippen LogP) is 6.76. The van der Waals surface area contributed by atoms with Crippen molar-refractivity contribution >= 4 is 41.0 Å². The number of alkyl halides is 3. The third-order valence-corrected chi connectivity index (χ3v) is 13.0. The van der Waals surface area contributed by atoms with Crippen molar-refractivity contribution in [2.75, 3.05) is 46.9 Å². The summed E-state index contributed by atoms with van der Waals surface area (Å²) in [6.45, 7) is 15.2. The highest BCUT2D eigenvalue weighted by Crippen LogP contribution is 2.44. The van der Waals surface area contributed by atoms with Gasteiger partial charge in [-0.15, -0.1) is 0 Å². The molecule has 0 radical (unpaired) electrons. The van der Waals surface area contributed by atoms with Crippen LogP contribution in [0.3, 0.4) is 0 Å². The summed E-state index contributed by atoms with van der Waals surface area (Å²) in [5.41, 5.74) is 5.99. The number of phenols is 1. The van der Waals surface area contributed by atoms with Gasteiger partial charge in [-0.2, -0.15) is 13.2 Å². The maximum atomic E-state index is 14.5. The number of carbonyl (C=O) groups excluding carboxylic acids is 5. The number of likely N-dealkylation sites (N-methyl/N-ethyl adjacent to an activating group) is 1. The van der Waals surface area contributed by atoms with E-state index >= 15 is 0 Å². The number of hydrogen-bond donors (Lipinski definition) is 3. The third kappa shape index (κ3) is 11.8. The number of ether oxygens (including phenoxy) is 2. The van der Waals surface area contributed by atoms with Gasteiger partial charge >= 0.3 is 6.18 Å². The van der Waals surface area contributed by atoms with Gasteiger partial charge < -0.3 is 34.3 Å². The van der Waals surface area contributed by atoms with Gasteiger partial charge in [-0.1, -0.05) is 46.4 Å². The van der Waals surface area contributed by atoms with Gasteiger partial charge in [0.05, 0.1) is 23.9 Å². The zero-order chi connectivity index (χ0) is 50.4. The second-order valence-corrected chi connectivity index (χ2v) is 19.0. The highest BCUT2D eigenvalue weighted by molar-refractivity contribution is 5.96. The number of amides is 4. The minimum atomic E-state index is -4.77. The lowest BCUT2D eigenvalue weighted by Gasteiger charge is -2.35. The fraction of sp³-hybridized carbons (Fsp3) is 0.490. The van der Waals surface area contributed by atoms with Crippen LogP contribution in [0.2, 0.25) is 0 Å². The lowest BCUT2D eigenvalue weighted by Crippen LogP contribution is -2.59. The van der Waals surface area contributed by atoms with Crippen LogP contribution in [-0.2, 0) is 52.8 Å². The highest BCUT2D eigenvalue weighted by atomic mass is 19.4. The molecular weight excluding hydrogens is 896 g/mol. The minimum Gasteiger partial charge on any atom is -0.508 e. The molecule has 18 heteroatoms. The molecule has 2 aromatic carbocycles. The molecule has 0 aliphatic carbocycles. The fourth-order valence-electron chi connectivity index (χ4n) is 9.79. The molecule has 15 nitrogen and oxygen atoms in total. The first-order valence-electron chi connectivity index (χ1n) is 23.3. The van der Waals surface area contributed by atoms with Crippen molar-refractivity contribution in [3.63, 3.8) is 0 Å². The van der Waals surface area contributed by atoms with Gasteiger partial charge in [-0.05, 0) is 103 Å². The van der Waals surface area contributed by atoms with E-state index in [1.165, 1.54) is 28.2 Å². The highest BCUT2D eigenvalue weighted by Gasteiger charge is 2.44. The van der Waals surface area contributed by atoms with Crippen molar-refractivity contribution in [1.82, 2.24) is 35.1 Å². The summed E-state index contributed by atoms with van der Waals surface area (Å²) in [5.74, 6) is -2.47. The number of aromatic hydroxyl groups is 1. The topological polar surface area (TPSA) is 176 Å². The van der Waals surface area contributed by atoms with Gasteiger partial charge in [0.15, 0.2) is 6.10 Å². The van der Waals surface area contributed by atoms with Crippen LogP contribution in [0.25, 0.3) is 33.3 Å². The van der Waals surface area contributed by atoms with Gasteiger partial charge in [0, 0.05) is 81.4 Å². The molecule has 6 rings (SSSR count). The van der Waals surface area contributed by atoms with Crippen LogP contribution in [0, 0.1) is 17.3 Å². The molecule has 4 aromatic rings. The molecule has 0 spiro atoms. The average molecular weight is 960 g/mol. The summed E-state index contributed by atoms with van der Waals surface area (Å²) >= 11 is 0.